The zero-order valence-corrected chi connectivity index (χ0v) is 13.0. The van der Waals surface area contributed by atoms with Crippen LogP contribution in [0.15, 0.2) is 24.3 Å². The lowest BCUT2D eigenvalue weighted by Crippen LogP contribution is -2.35. The van der Waals surface area contributed by atoms with Gasteiger partial charge in [0.25, 0.3) is 5.91 Å². The van der Waals surface area contributed by atoms with Crippen molar-refractivity contribution in [3.8, 4) is 5.75 Å². The van der Waals surface area contributed by atoms with Crippen LogP contribution in [0.2, 0.25) is 0 Å². The SMILES string of the molecule is CCC(C)NC(=O)COC(=O)COc1ccc(C(C)=O)cc1. The molecule has 6 heteroatoms. The summed E-state index contributed by atoms with van der Waals surface area (Å²) in [6.07, 6.45) is 0.805. The molecule has 0 bridgehead atoms. The van der Waals surface area contributed by atoms with Crippen LogP contribution in [0.5, 0.6) is 5.75 Å². The fourth-order valence-electron chi connectivity index (χ4n) is 1.53. The van der Waals surface area contributed by atoms with Crippen LogP contribution in [0.3, 0.4) is 0 Å². The Morgan fingerprint density at radius 3 is 2.32 bits per heavy atom. The number of carbonyl (C=O) groups excluding carboxylic acids is 3. The number of ketones is 1. The number of nitrogens with one attached hydrogen (secondary N) is 1. The Hall–Kier alpha value is -2.37. The number of hydrogen-bond donors (Lipinski definition) is 1. The molecule has 0 aliphatic heterocycles. The van der Waals surface area contributed by atoms with Gasteiger partial charge in [-0.05, 0) is 44.5 Å². The molecule has 120 valence electrons. The van der Waals surface area contributed by atoms with E-state index in [1.807, 2.05) is 13.8 Å². The van der Waals surface area contributed by atoms with Crippen molar-refractivity contribution in [3.05, 3.63) is 29.8 Å². The molecule has 0 fully saturated rings. The second-order valence-electron chi connectivity index (χ2n) is 4.91. The minimum atomic E-state index is -0.630. The summed E-state index contributed by atoms with van der Waals surface area (Å²) in [4.78, 5) is 34.0. The van der Waals surface area contributed by atoms with Crippen molar-refractivity contribution < 1.29 is 23.9 Å². The zero-order valence-electron chi connectivity index (χ0n) is 13.0. The van der Waals surface area contributed by atoms with E-state index in [2.05, 4.69) is 5.32 Å². The zero-order chi connectivity index (χ0) is 16.5. The van der Waals surface area contributed by atoms with Crippen LogP contribution < -0.4 is 10.1 Å². The highest BCUT2D eigenvalue weighted by molar-refractivity contribution is 5.94. The van der Waals surface area contributed by atoms with E-state index in [9.17, 15) is 14.4 Å². The second-order valence-corrected chi connectivity index (χ2v) is 4.91. The standard InChI is InChI=1S/C16H21NO5/c1-4-11(2)17-15(19)9-22-16(20)10-21-14-7-5-13(6-8-14)12(3)18/h5-8,11H,4,9-10H2,1-3H3,(H,17,19). The largest absolute Gasteiger partial charge is 0.482 e. The van der Waals surface area contributed by atoms with Crippen molar-refractivity contribution in [1.29, 1.82) is 0 Å². The number of benzene rings is 1. The Morgan fingerprint density at radius 1 is 1.14 bits per heavy atom. The maximum atomic E-state index is 11.5. The van der Waals surface area contributed by atoms with Crippen molar-refractivity contribution in [2.24, 2.45) is 0 Å². The molecule has 0 saturated heterocycles. The van der Waals surface area contributed by atoms with Gasteiger partial charge in [-0.1, -0.05) is 6.92 Å². The van der Waals surface area contributed by atoms with Crippen molar-refractivity contribution >= 4 is 17.7 Å². The van der Waals surface area contributed by atoms with Gasteiger partial charge < -0.3 is 14.8 Å². The Balaban J connectivity index is 2.31. The molecule has 1 rings (SSSR count). The number of ether oxygens (including phenoxy) is 2. The molecule has 1 amide bonds. The number of amides is 1. The second kappa shape index (κ2) is 8.81. The summed E-state index contributed by atoms with van der Waals surface area (Å²) in [7, 11) is 0. The molecular weight excluding hydrogens is 286 g/mol. The molecule has 0 heterocycles. The number of esters is 1. The summed E-state index contributed by atoms with van der Waals surface area (Å²) in [6.45, 7) is 4.67. The van der Waals surface area contributed by atoms with Gasteiger partial charge in [0.1, 0.15) is 5.75 Å². The van der Waals surface area contributed by atoms with Gasteiger partial charge >= 0.3 is 5.97 Å². The molecule has 1 N–H and O–H groups in total. The molecule has 0 aliphatic rings. The van der Waals surface area contributed by atoms with E-state index in [1.165, 1.54) is 6.92 Å². The number of carbonyl (C=O) groups is 3. The van der Waals surface area contributed by atoms with E-state index < -0.39 is 5.97 Å². The molecule has 0 aromatic heterocycles. The van der Waals surface area contributed by atoms with Gasteiger partial charge in [0.2, 0.25) is 0 Å². The van der Waals surface area contributed by atoms with Crippen LogP contribution in [-0.4, -0.2) is 36.9 Å². The van der Waals surface area contributed by atoms with Crippen LogP contribution in [0.4, 0.5) is 0 Å². The van der Waals surface area contributed by atoms with Crippen LogP contribution >= 0.6 is 0 Å². The molecular formula is C16H21NO5. The molecule has 0 saturated carbocycles. The molecule has 1 aromatic carbocycles. The van der Waals surface area contributed by atoms with Crippen molar-refractivity contribution in [2.75, 3.05) is 13.2 Å². The first-order chi connectivity index (χ1) is 10.4. The third kappa shape index (κ3) is 6.39. The summed E-state index contributed by atoms with van der Waals surface area (Å²) >= 11 is 0. The Morgan fingerprint density at radius 2 is 1.77 bits per heavy atom. The molecule has 1 atom stereocenters. The summed E-state index contributed by atoms with van der Waals surface area (Å²) < 4.78 is 10.0. The van der Waals surface area contributed by atoms with E-state index in [0.717, 1.165) is 6.42 Å². The lowest BCUT2D eigenvalue weighted by atomic mass is 10.1. The van der Waals surface area contributed by atoms with E-state index in [-0.39, 0.29) is 30.9 Å². The maximum absolute atomic E-state index is 11.5. The summed E-state index contributed by atoms with van der Waals surface area (Å²) in [5.74, 6) is -0.562. The number of hydrogen-bond acceptors (Lipinski definition) is 5. The van der Waals surface area contributed by atoms with Gasteiger partial charge in [-0.15, -0.1) is 0 Å². The van der Waals surface area contributed by atoms with Gasteiger partial charge in [-0.25, -0.2) is 4.79 Å². The topological polar surface area (TPSA) is 81.7 Å². The van der Waals surface area contributed by atoms with Crippen molar-refractivity contribution in [3.63, 3.8) is 0 Å². The molecule has 1 aromatic rings. The highest BCUT2D eigenvalue weighted by Gasteiger charge is 2.10. The van der Waals surface area contributed by atoms with Crippen LogP contribution in [0.25, 0.3) is 0 Å². The first-order valence-electron chi connectivity index (χ1n) is 7.11. The average molecular weight is 307 g/mol. The quantitative estimate of drug-likeness (QED) is 0.584. The van der Waals surface area contributed by atoms with Crippen molar-refractivity contribution in [1.82, 2.24) is 5.32 Å². The highest BCUT2D eigenvalue weighted by atomic mass is 16.6. The molecule has 22 heavy (non-hydrogen) atoms. The first kappa shape index (κ1) is 17.7. The predicted molar refractivity (Wildman–Crippen MR) is 80.8 cm³/mol. The van der Waals surface area contributed by atoms with Gasteiger partial charge in [0.15, 0.2) is 19.0 Å². The van der Waals surface area contributed by atoms with Crippen LogP contribution in [-0.2, 0) is 14.3 Å². The lowest BCUT2D eigenvalue weighted by molar-refractivity contribution is -0.150. The minimum absolute atomic E-state index is 0.0433. The average Bonchev–Trinajstić information content (AvgIpc) is 2.51. The first-order valence-corrected chi connectivity index (χ1v) is 7.11. The van der Waals surface area contributed by atoms with Gasteiger partial charge in [-0.3, -0.25) is 9.59 Å². The molecule has 0 radical (unpaired) electrons. The summed E-state index contributed by atoms with van der Waals surface area (Å²) in [5, 5.41) is 2.69. The van der Waals surface area contributed by atoms with E-state index in [1.54, 1.807) is 24.3 Å². The summed E-state index contributed by atoms with van der Waals surface area (Å²) in [6, 6.07) is 6.46. The van der Waals surface area contributed by atoms with E-state index in [4.69, 9.17) is 9.47 Å². The molecule has 1 unspecified atom stereocenters. The Bertz CT molecular complexity index is 524. The third-order valence-corrected chi connectivity index (χ3v) is 3.00. The Kier molecular flexibility index (Phi) is 7.08. The normalized spacial score (nSPS) is 11.4. The number of Topliss-reactive ketones (excluding diaryl/α,β-unsaturated/α-hetero) is 1. The van der Waals surface area contributed by atoms with Crippen LogP contribution in [0, 0.1) is 0 Å². The monoisotopic (exact) mass is 307 g/mol. The van der Waals surface area contributed by atoms with Crippen molar-refractivity contribution in [2.45, 2.75) is 33.2 Å². The predicted octanol–water partition coefficient (Wildman–Crippen LogP) is 1.73. The summed E-state index contributed by atoms with van der Waals surface area (Å²) in [5.41, 5.74) is 0.566. The minimum Gasteiger partial charge on any atom is -0.482 e. The van der Waals surface area contributed by atoms with E-state index in [0.29, 0.717) is 11.3 Å². The number of rotatable bonds is 8. The maximum Gasteiger partial charge on any atom is 0.344 e. The van der Waals surface area contributed by atoms with Gasteiger partial charge in [0.05, 0.1) is 0 Å². The molecule has 0 aliphatic carbocycles. The molecule has 0 spiro atoms. The lowest BCUT2D eigenvalue weighted by Gasteiger charge is -2.11. The fourth-order valence-corrected chi connectivity index (χ4v) is 1.53. The van der Waals surface area contributed by atoms with Gasteiger partial charge in [-0.2, -0.15) is 0 Å². The van der Waals surface area contributed by atoms with E-state index >= 15 is 0 Å². The smallest absolute Gasteiger partial charge is 0.344 e. The Labute approximate surface area is 129 Å². The van der Waals surface area contributed by atoms with Gasteiger partial charge in [0, 0.05) is 11.6 Å². The van der Waals surface area contributed by atoms with Crippen LogP contribution in [0.1, 0.15) is 37.6 Å². The highest BCUT2D eigenvalue weighted by Crippen LogP contribution is 2.12. The fraction of sp³-hybridized carbons (Fsp3) is 0.438. The third-order valence-electron chi connectivity index (χ3n) is 3.00. The molecule has 6 nitrogen and oxygen atoms in total.